The van der Waals surface area contributed by atoms with Crippen LogP contribution in [-0.2, 0) is 94.4 Å². The number of guanidine groups is 2. The van der Waals surface area contributed by atoms with Crippen LogP contribution >= 0.6 is 0 Å². The molecule has 1 aliphatic carbocycles. The van der Waals surface area contributed by atoms with Crippen molar-refractivity contribution in [2.75, 3.05) is 39.3 Å². The van der Waals surface area contributed by atoms with E-state index >= 15 is 43.2 Å². The average Bonchev–Trinajstić information content (AvgIpc) is 1.64. The molecule has 734 valence electrons. The molecular weight excluding hydrogens is 1760 g/mol. The predicted octanol–water partition coefficient (Wildman–Crippen LogP) is 1.08. The van der Waals surface area contributed by atoms with Gasteiger partial charge in [0.25, 0.3) is 0 Å². The Morgan fingerprint density at radius 3 is 1.12 bits per heavy atom. The van der Waals surface area contributed by atoms with Crippen LogP contribution in [0.4, 0.5) is 0 Å². The van der Waals surface area contributed by atoms with Gasteiger partial charge in [0.05, 0.1) is 11.4 Å². The van der Waals surface area contributed by atoms with Gasteiger partial charge in [-0.2, -0.15) is 0 Å². The van der Waals surface area contributed by atoms with Crippen molar-refractivity contribution in [2.45, 2.75) is 235 Å². The molecule has 4 aliphatic rings. The van der Waals surface area contributed by atoms with Crippen molar-refractivity contribution in [1.29, 1.82) is 10.8 Å². The van der Waals surface area contributed by atoms with Crippen molar-refractivity contribution >= 4 is 144 Å². The molecule has 0 spiro atoms. The normalized spacial score (nSPS) is 17.4. The number of H-pyrrole nitrogens is 5. The number of hydrogen-bond acceptors (Lipinski definition) is 17. The van der Waals surface area contributed by atoms with Crippen LogP contribution in [0.25, 0.3) is 55.4 Å². The Kier molecular flexibility index (Phi) is 34.5. The number of rotatable bonds is 48. The minimum atomic E-state index is -1.48. The number of carbonyl (C=O) groups excluding carboxylic acids is 13. The Morgan fingerprint density at radius 2 is 0.746 bits per heavy atom. The highest BCUT2D eigenvalue weighted by Crippen LogP contribution is 2.30. The van der Waals surface area contributed by atoms with Crippen molar-refractivity contribution in [3.8, 4) is 0 Å². The number of likely N-dealkylation sites (tertiary alicyclic amines) is 3. The average molecular weight is 1890 g/mol. The Morgan fingerprint density at radius 1 is 0.413 bits per heavy atom. The fourth-order valence-electron chi connectivity index (χ4n) is 19.0. The molecule has 28 N–H and O–H groups in total. The van der Waals surface area contributed by atoms with E-state index < -0.39 is 155 Å². The van der Waals surface area contributed by atoms with Gasteiger partial charge in [-0.25, -0.2) is 0 Å². The molecule has 0 saturated carbocycles. The summed E-state index contributed by atoms with van der Waals surface area (Å²) in [5.41, 5.74) is 38.4. The number of nitrogens with one attached hydrogen (secondary N) is 18. The zero-order valence-electron chi connectivity index (χ0n) is 78.4. The summed E-state index contributed by atoms with van der Waals surface area (Å²) in [6.07, 6.45) is 14.9. The summed E-state index contributed by atoms with van der Waals surface area (Å²) in [4.78, 5) is 217. The number of carbonyl (C=O) groups is 13. The lowest BCUT2D eigenvalue weighted by Gasteiger charge is -2.32. The summed E-state index contributed by atoms with van der Waals surface area (Å²) < 4.78 is 0. The largest absolute Gasteiger partial charge is 0.370 e. The topological polar surface area (TPSA) is 621 Å². The van der Waals surface area contributed by atoms with E-state index in [1.165, 1.54) is 14.7 Å². The molecule has 3 saturated heterocycles. The lowest BCUT2D eigenvalue weighted by atomic mass is 9.97. The smallest absolute Gasteiger partial charge is 0.246 e. The molecule has 0 unspecified atom stereocenters. The molecule has 138 heavy (non-hydrogen) atoms. The summed E-state index contributed by atoms with van der Waals surface area (Å²) in [5, 5.41) is 51.2. The number of aromatic amines is 5. The number of unbranched alkanes of at least 4 members (excludes halogenated alkanes) is 1. The van der Waals surface area contributed by atoms with Crippen LogP contribution in [0.3, 0.4) is 0 Å². The van der Waals surface area contributed by atoms with Gasteiger partial charge in [-0.05, 0) is 173 Å². The molecule has 39 nitrogen and oxygen atoms in total. The highest BCUT2D eigenvalue weighted by Gasteiger charge is 2.46. The van der Waals surface area contributed by atoms with Gasteiger partial charge >= 0.3 is 0 Å². The maximum Gasteiger partial charge on any atom is 0.246 e. The van der Waals surface area contributed by atoms with E-state index in [-0.39, 0.29) is 153 Å². The SMILES string of the molecule is CC[C@H](C)[C@H](N)C(=O)N[C@@H](CC(C)C)C(=O)N1CCC[C@H]1C(=O)N[C@@H](Cc1c[nH]c2ccccc12)C(=O)N[C@@H](CCCCN)C(=O)N[C@@H](Cc1c[nH]c2ccccc12)C(=O)N1CCC[C@H]1C(=O)N[C@@H](Cc1c[nH]c2ccccc12)C(=O)N[C@@H](Cc1c[nH]c2ccccc12)C(=O)N1CCC[C@H]1C(=O)N[C@@H](Cc1c[nH]c2c1=CC=C=2)C(=O)N[C@@H](CCCNC(=N)N)C(=O)N[C@@H](CCCNC(=N)N)C(N)=O. The number of fused-ring (bicyclic) bond motifs is 5. The standard InChI is InChI=1S/C99H130N26O13/c1-5-56(4)84(101)94(135)122-78(44-55(2)3)95(136)123-41-19-35-81(123)91(132)117-75(45-57-50-109-67-27-10-6-22-62(57)67)88(129)115-73(31-14-15-38-100)87(128)120-79(48-60-53-111-69-29-12-8-24-64(60)69)96(137)124-42-20-37-83(124)93(134)119-77(46-58-51-110-68-28-11-7-23-63(58)68)90(131)121-80(49-61-54-112-70-30-13-9-25-65(61)70)97(138)125-43-21-36-82(125)92(133)118-76(47-59-52-113-71-32-16-26-66(59)71)89(130)116-74(34-18-40-108-99(105)106)86(127)114-72(85(102)126)33-17-39-107-98(103)104/h6-13,16,22-30,50-56,72-84,109-113H,5,14-15,17-21,31,33-49,100-101H2,1-4H3,(H2,102,126)(H,114,127)(H,115,129)(H,116,130)(H,117,132)(H,118,133)(H,119,134)(H,120,128)(H,121,131)(H,122,135)(H4,103,104,107)(H4,105,106,108)/t56-,72-,73-,74-,75-,76-,77-,78-,79-,80-,81-,82-,83-,84-/m0/s1. The molecule has 8 heterocycles. The monoisotopic (exact) mass is 1890 g/mol. The molecule has 4 aromatic carbocycles. The molecule has 3 fully saturated rings. The predicted molar refractivity (Wildman–Crippen MR) is 523 cm³/mol. The first-order valence-corrected chi connectivity index (χ1v) is 47.8. The van der Waals surface area contributed by atoms with E-state index in [1.54, 1.807) is 43.1 Å². The Labute approximate surface area is 798 Å². The summed E-state index contributed by atoms with van der Waals surface area (Å²) in [6, 6.07) is 13.0. The van der Waals surface area contributed by atoms with Gasteiger partial charge in [0.2, 0.25) is 76.8 Å². The van der Waals surface area contributed by atoms with E-state index in [0.29, 0.717) is 82.4 Å². The van der Waals surface area contributed by atoms with Crippen LogP contribution in [0, 0.1) is 22.7 Å². The van der Waals surface area contributed by atoms with E-state index in [2.05, 4.69) is 89.1 Å². The molecule has 3 aliphatic heterocycles. The molecule has 0 bridgehead atoms. The number of hydrogen-bond donors (Lipinski definition) is 23. The second-order valence-corrected chi connectivity index (χ2v) is 36.9. The van der Waals surface area contributed by atoms with E-state index in [9.17, 15) is 19.2 Å². The summed E-state index contributed by atoms with van der Waals surface area (Å²) >= 11 is 0. The molecule has 13 amide bonds. The third-order valence-electron chi connectivity index (χ3n) is 26.7. The van der Waals surface area contributed by atoms with Gasteiger partial charge < -0.3 is 127 Å². The van der Waals surface area contributed by atoms with Crippen LogP contribution in [0.15, 0.2) is 134 Å². The molecule has 39 heteroatoms. The number of para-hydroxylation sites is 4. The quantitative estimate of drug-likeness (QED) is 0.0144. The second-order valence-electron chi connectivity index (χ2n) is 36.9. The number of nitrogens with zero attached hydrogens (tertiary/aromatic N) is 3. The Balaban J connectivity index is 0.769. The van der Waals surface area contributed by atoms with Gasteiger partial charge in [-0.15, -0.1) is 0 Å². The third kappa shape index (κ3) is 25.4. The summed E-state index contributed by atoms with van der Waals surface area (Å²) in [5.74, 6) is -10.1. The molecule has 13 rings (SSSR count). The molecular formula is C99H130N26O13. The Bertz CT molecular complexity index is 6120. The minimum Gasteiger partial charge on any atom is -0.370 e. The number of benzene rings is 4. The van der Waals surface area contributed by atoms with E-state index in [0.717, 1.165) is 38.1 Å². The fourth-order valence-corrected chi connectivity index (χ4v) is 19.0. The summed E-state index contributed by atoms with van der Waals surface area (Å²) in [6.45, 7) is 8.37. The van der Waals surface area contributed by atoms with Crippen molar-refractivity contribution in [3.63, 3.8) is 0 Å². The first kappa shape index (κ1) is 101. The van der Waals surface area contributed by atoms with Gasteiger partial charge in [-0.3, -0.25) is 73.1 Å². The lowest BCUT2D eigenvalue weighted by Crippen LogP contribution is -2.61. The van der Waals surface area contributed by atoms with Crippen LogP contribution in [-0.4, -0.2) is 246 Å². The number of nitrogens with two attached hydrogens (primary N) is 5. The molecule has 14 atom stereocenters. The molecule has 5 aromatic heterocycles. The van der Waals surface area contributed by atoms with Crippen LogP contribution < -0.4 is 97.7 Å². The van der Waals surface area contributed by atoms with Gasteiger partial charge in [0, 0.05) is 145 Å². The van der Waals surface area contributed by atoms with Gasteiger partial charge in [0.1, 0.15) is 72.5 Å². The third-order valence-corrected chi connectivity index (χ3v) is 26.7. The van der Waals surface area contributed by atoms with Gasteiger partial charge in [-0.1, -0.05) is 113 Å². The zero-order valence-corrected chi connectivity index (χ0v) is 78.4. The Hall–Kier alpha value is -14.6. The number of aromatic nitrogens is 5. The van der Waals surface area contributed by atoms with Gasteiger partial charge in [0.15, 0.2) is 11.9 Å². The number of amides is 13. The molecule has 0 radical (unpaired) electrons. The van der Waals surface area contributed by atoms with Crippen molar-refractivity contribution in [1.82, 2.24) is 98.1 Å². The van der Waals surface area contributed by atoms with Crippen LogP contribution in [0.2, 0.25) is 0 Å². The lowest BCUT2D eigenvalue weighted by molar-refractivity contribution is -0.143. The zero-order chi connectivity index (χ0) is 98.4. The number of primary amides is 1. The molecule has 9 aromatic rings. The highest BCUT2D eigenvalue weighted by atomic mass is 16.2. The van der Waals surface area contributed by atoms with E-state index in [4.69, 9.17) is 39.5 Å². The van der Waals surface area contributed by atoms with E-state index in [1.807, 2.05) is 125 Å². The van der Waals surface area contributed by atoms with Crippen molar-refractivity contribution in [2.24, 2.45) is 40.5 Å². The second kappa shape index (κ2) is 47.3. The first-order chi connectivity index (χ1) is 66.4. The maximum absolute atomic E-state index is 16.1. The van der Waals surface area contributed by atoms with Crippen LogP contribution in [0.5, 0.6) is 0 Å². The van der Waals surface area contributed by atoms with Crippen LogP contribution in [0.1, 0.15) is 152 Å². The summed E-state index contributed by atoms with van der Waals surface area (Å²) in [7, 11) is 0. The minimum absolute atomic E-state index is 0.0146. The maximum atomic E-state index is 16.1. The van der Waals surface area contributed by atoms with Crippen molar-refractivity contribution < 1.29 is 62.3 Å². The first-order valence-electron chi connectivity index (χ1n) is 47.8. The highest BCUT2D eigenvalue weighted by molar-refractivity contribution is 6.02. The fraction of sp³-hybridized carbons (Fsp3) is 0.455. The number of allylic oxidation sites excluding steroid dienone is 1. The van der Waals surface area contributed by atoms with Crippen molar-refractivity contribution in [3.05, 3.63) is 173 Å².